The van der Waals surface area contributed by atoms with E-state index in [-0.39, 0.29) is 6.29 Å². The van der Waals surface area contributed by atoms with Crippen LogP contribution >= 0.6 is 0 Å². The standard InChI is InChI=1S/C11H19FO/c1-2-3-4-5-6-7-8-9-11(12)10-13/h9-10H,2-8H2,1H3/b11-9-. The van der Waals surface area contributed by atoms with Gasteiger partial charge in [-0.1, -0.05) is 39.0 Å². The lowest BCUT2D eigenvalue weighted by Crippen LogP contribution is -1.79. The highest BCUT2D eigenvalue weighted by molar-refractivity contribution is 5.69. The Kier molecular flexibility index (Phi) is 8.95. The summed E-state index contributed by atoms with van der Waals surface area (Å²) in [5, 5.41) is 0. The monoisotopic (exact) mass is 186 g/mol. The Balaban J connectivity index is 3.12. The molecule has 0 aliphatic heterocycles. The van der Waals surface area contributed by atoms with E-state index in [1.54, 1.807) is 0 Å². The van der Waals surface area contributed by atoms with Crippen molar-refractivity contribution in [1.82, 2.24) is 0 Å². The molecule has 0 aromatic heterocycles. The fourth-order valence-corrected chi connectivity index (χ4v) is 1.21. The number of carbonyl (C=O) groups is 1. The molecule has 0 fully saturated rings. The molecular formula is C11H19FO. The Morgan fingerprint density at radius 1 is 1.15 bits per heavy atom. The van der Waals surface area contributed by atoms with Gasteiger partial charge in [0.2, 0.25) is 0 Å². The Labute approximate surface area is 80.0 Å². The first-order valence-electron chi connectivity index (χ1n) is 5.12. The predicted octanol–water partition coefficient (Wildman–Crippen LogP) is 3.79. The van der Waals surface area contributed by atoms with Crippen LogP contribution in [0.1, 0.15) is 51.9 Å². The van der Waals surface area contributed by atoms with Crippen LogP contribution in [-0.2, 0) is 4.79 Å². The molecule has 0 aliphatic carbocycles. The molecule has 0 aromatic rings. The van der Waals surface area contributed by atoms with E-state index in [0.717, 1.165) is 12.8 Å². The van der Waals surface area contributed by atoms with Gasteiger partial charge in [0.05, 0.1) is 0 Å². The highest BCUT2D eigenvalue weighted by Crippen LogP contribution is 2.08. The number of unbranched alkanes of at least 4 members (excludes halogenated alkanes) is 6. The molecule has 0 saturated heterocycles. The summed E-state index contributed by atoms with van der Waals surface area (Å²) in [5.41, 5.74) is 0. The Hall–Kier alpha value is -0.660. The maximum atomic E-state index is 12.3. The van der Waals surface area contributed by atoms with Crippen LogP contribution in [0.25, 0.3) is 0 Å². The second-order valence-electron chi connectivity index (χ2n) is 3.26. The summed E-state index contributed by atoms with van der Waals surface area (Å²) < 4.78 is 12.3. The first-order valence-corrected chi connectivity index (χ1v) is 5.12. The van der Waals surface area contributed by atoms with Gasteiger partial charge in [0.1, 0.15) is 0 Å². The van der Waals surface area contributed by atoms with E-state index in [2.05, 4.69) is 6.92 Å². The van der Waals surface area contributed by atoms with Crippen molar-refractivity contribution < 1.29 is 9.18 Å². The maximum absolute atomic E-state index is 12.3. The third-order valence-corrected chi connectivity index (χ3v) is 2.01. The second-order valence-corrected chi connectivity index (χ2v) is 3.26. The summed E-state index contributed by atoms with van der Waals surface area (Å²) in [6, 6.07) is 0. The van der Waals surface area contributed by atoms with Gasteiger partial charge >= 0.3 is 0 Å². The van der Waals surface area contributed by atoms with Gasteiger partial charge in [0, 0.05) is 0 Å². The zero-order chi connectivity index (χ0) is 9.94. The van der Waals surface area contributed by atoms with Crippen molar-refractivity contribution in [3.63, 3.8) is 0 Å². The maximum Gasteiger partial charge on any atom is 0.178 e. The third kappa shape index (κ3) is 9.25. The number of allylic oxidation sites excluding steroid dienone is 2. The molecule has 0 N–H and O–H groups in total. The zero-order valence-corrected chi connectivity index (χ0v) is 8.39. The van der Waals surface area contributed by atoms with E-state index in [9.17, 15) is 9.18 Å². The number of hydrogen-bond donors (Lipinski definition) is 0. The van der Waals surface area contributed by atoms with Gasteiger partial charge in [0.25, 0.3) is 0 Å². The number of aldehydes is 1. The van der Waals surface area contributed by atoms with Crippen LogP contribution in [0.2, 0.25) is 0 Å². The van der Waals surface area contributed by atoms with Crippen molar-refractivity contribution in [2.45, 2.75) is 51.9 Å². The van der Waals surface area contributed by atoms with E-state index in [4.69, 9.17) is 0 Å². The van der Waals surface area contributed by atoms with Crippen LogP contribution in [0.3, 0.4) is 0 Å². The molecule has 76 valence electrons. The molecular weight excluding hydrogens is 167 g/mol. The van der Waals surface area contributed by atoms with Gasteiger partial charge in [-0.05, 0) is 18.9 Å². The van der Waals surface area contributed by atoms with Crippen LogP contribution in [0.4, 0.5) is 4.39 Å². The summed E-state index contributed by atoms with van der Waals surface area (Å²) in [6.07, 6.45) is 9.49. The normalized spacial score (nSPS) is 11.7. The second kappa shape index (κ2) is 9.43. The van der Waals surface area contributed by atoms with Crippen molar-refractivity contribution in [3.8, 4) is 0 Å². The minimum atomic E-state index is -0.631. The molecule has 2 heteroatoms. The molecule has 0 rings (SSSR count). The first kappa shape index (κ1) is 12.3. The summed E-state index contributed by atoms with van der Waals surface area (Å²) in [6.45, 7) is 2.18. The third-order valence-electron chi connectivity index (χ3n) is 2.01. The van der Waals surface area contributed by atoms with Gasteiger partial charge in [-0.2, -0.15) is 0 Å². The quantitative estimate of drug-likeness (QED) is 0.320. The van der Waals surface area contributed by atoms with Crippen LogP contribution in [0.5, 0.6) is 0 Å². The lowest BCUT2D eigenvalue weighted by Gasteiger charge is -1.97. The Morgan fingerprint density at radius 2 is 1.77 bits per heavy atom. The van der Waals surface area contributed by atoms with Gasteiger partial charge in [0.15, 0.2) is 12.1 Å². The number of rotatable bonds is 8. The minimum Gasteiger partial charge on any atom is -0.295 e. The van der Waals surface area contributed by atoms with Crippen molar-refractivity contribution in [1.29, 1.82) is 0 Å². The molecule has 1 nitrogen and oxygen atoms in total. The highest BCUT2D eigenvalue weighted by Gasteiger charge is 1.91. The fourth-order valence-electron chi connectivity index (χ4n) is 1.21. The lowest BCUT2D eigenvalue weighted by molar-refractivity contribution is -0.106. The van der Waals surface area contributed by atoms with Crippen LogP contribution in [-0.4, -0.2) is 6.29 Å². The summed E-state index contributed by atoms with van der Waals surface area (Å²) in [5.74, 6) is -0.631. The van der Waals surface area contributed by atoms with E-state index >= 15 is 0 Å². The topological polar surface area (TPSA) is 17.1 Å². The van der Waals surface area contributed by atoms with E-state index < -0.39 is 5.83 Å². The molecule has 0 unspecified atom stereocenters. The lowest BCUT2D eigenvalue weighted by atomic mass is 10.1. The molecule has 0 spiro atoms. The Morgan fingerprint density at radius 3 is 2.38 bits per heavy atom. The van der Waals surface area contributed by atoms with Crippen molar-refractivity contribution >= 4 is 6.29 Å². The van der Waals surface area contributed by atoms with Crippen LogP contribution in [0, 0.1) is 0 Å². The number of carbonyl (C=O) groups excluding carboxylic acids is 1. The molecule has 0 amide bonds. The van der Waals surface area contributed by atoms with E-state index in [1.807, 2.05) is 0 Å². The Bertz CT molecular complexity index is 152. The average Bonchev–Trinajstić information content (AvgIpc) is 2.16. The molecule has 0 radical (unpaired) electrons. The summed E-state index contributed by atoms with van der Waals surface area (Å²) >= 11 is 0. The van der Waals surface area contributed by atoms with Crippen molar-refractivity contribution in [2.75, 3.05) is 0 Å². The summed E-state index contributed by atoms with van der Waals surface area (Å²) in [7, 11) is 0. The van der Waals surface area contributed by atoms with Crippen LogP contribution < -0.4 is 0 Å². The van der Waals surface area contributed by atoms with E-state index in [0.29, 0.717) is 6.42 Å². The van der Waals surface area contributed by atoms with Gasteiger partial charge in [-0.15, -0.1) is 0 Å². The van der Waals surface area contributed by atoms with Crippen LogP contribution in [0.15, 0.2) is 11.9 Å². The average molecular weight is 186 g/mol. The molecule has 0 bridgehead atoms. The fraction of sp³-hybridized carbons (Fsp3) is 0.727. The largest absolute Gasteiger partial charge is 0.295 e. The predicted molar refractivity (Wildman–Crippen MR) is 53.2 cm³/mol. The number of halogens is 1. The molecule has 0 aromatic carbocycles. The van der Waals surface area contributed by atoms with Crippen molar-refractivity contribution in [3.05, 3.63) is 11.9 Å². The first-order chi connectivity index (χ1) is 6.31. The van der Waals surface area contributed by atoms with Gasteiger partial charge < -0.3 is 0 Å². The molecule has 13 heavy (non-hydrogen) atoms. The number of hydrogen-bond acceptors (Lipinski definition) is 1. The zero-order valence-electron chi connectivity index (χ0n) is 8.39. The summed E-state index contributed by atoms with van der Waals surface area (Å²) in [4.78, 5) is 9.87. The van der Waals surface area contributed by atoms with E-state index in [1.165, 1.54) is 31.8 Å². The van der Waals surface area contributed by atoms with Gasteiger partial charge in [-0.25, -0.2) is 4.39 Å². The minimum absolute atomic E-state index is 0.261. The molecule has 0 atom stereocenters. The highest BCUT2D eigenvalue weighted by atomic mass is 19.1. The molecule has 0 aliphatic rings. The molecule has 0 heterocycles. The smallest absolute Gasteiger partial charge is 0.178 e. The van der Waals surface area contributed by atoms with Gasteiger partial charge in [-0.3, -0.25) is 4.79 Å². The molecule has 0 saturated carbocycles. The SMILES string of the molecule is CCCCCCCC/C=C(\F)C=O. The van der Waals surface area contributed by atoms with Crippen molar-refractivity contribution in [2.24, 2.45) is 0 Å².